The summed E-state index contributed by atoms with van der Waals surface area (Å²) in [5.74, 6) is 1.88. The van der Waals surface area contributed by atoms with E-state index in [1.165, 1.54) is 4.70 Å². The summed E-state index contributed by atoms with van der Waals surface area (Å²) in [7, 11) is 0. The highest BCUT2D eigenvalue weighted by Crippen LogP contribution is 2.34. The molecule has 2 heterocycles. The average Bonchev–Trinajstić information content (AvgIpc) is 2.93. The van der Waals surface area contributed by atoms with Gasteiger partial charge < -0.3 is 4.42 Å². The van der Waals surface area contributed by atoms with Crippen LogP contribution in [0.15, 0.2) is 31.4 Å². The molecule has 0 fully saturated rings. The Kier molecular flexibility index (Phi) is 3.36. The van der Waals surface area contributed by atoms with Crippen molar-refractivity contribution in [3.8, 4) is 0 Å². The molecular formula is C11H8BrN3OS2. The number of aryl methyl sites for hydroxylation is 1. The van der Waals surface area contributed by atoms with Crippen molar-refractivity contribution >= 4 is 49.2 Å². The molecule has 0 atom stereocenters. The van der Waals surface area contributed by atoms with Gasteiger partial charge in [-0.2, -0.15) is 0 Å². The maximum absolute atomic E-state index is 5.33. The maximum Gasteiger partial charge on any atom is 0.226 e. The second kappa shape index (κ2) is 4.99. The van der Waals surface area contributed by atoms with Crippen molar-refractivity contribution in [3.05, 3.63) is 34.5 Å². The summed E-state index contributed by atoms with van der Waals surface area (Å²) >= 11 is 6.78. The molecule has 18 heavy (non-hydrogen) atoms. The van der Waals surface area contributed by atoms with Crippen LogP contribution in [0.1, 0.15) is 11.8 Å². The lowest BCUT2D eigenvalue weighted by molar-refractivity contribution is 0.485. The normalized spacial score (nSPS) is 11.2. The smallest absolute Gasteiger partial charge is 0.226 e. The Bertz CT molecular complexity index is 694. The summed E-state index contributed by atoms with van der Waals surface area (Å²) in [5, 5.41) is 7.76. The van der Waals surface area contributed by atoms with Crippen LogP contribution in [0.2, 0.25) is 0 Å². The minimum absolute atomic E-state index is 0.595. The highest BCUT2D eigenvalue weighted by Gasteiger charge is 2.09. The Morgan fingerprint density at radius 2 is 2.28 bits per heavy atom. The third-order valence-electron chi connectivity index (χ3n) is 2.24. The highest BCUT2D eigenvalue weighted by molar-refractivity contribution is 9.10. The SMILES string of the molecule is Cc1nnc(CSc2nc3c(Br)cccc3s2)o1. The Morgan fingerprint density at radius 3 is 3.00 bits per heavy atom. The van der Waals surface area contributed by atoms with E-state index in [9.17, 15) is 0 Å². The topological polar surface area (TPSA) is 51.8 Å². The summed E-state index contributed by atoms with van der Waals surface area (Å²) in [6.07, 6.45) is 0. The fraction of sp³-hybridized carbons (Fsp3) is 0.182. The number of para-hydroxylation sites is 1. The van der Waals surface area contributed by atoms with Crippen LogP contribution in [0.3, 0.4) is 0 Å². The van der Waals surface area contributed by atoms with Gasteiger partial charge in [0.05, 0.1) is 16.0 Å². The molecule has 7 heteroatoms. The molecule has 3 aromatic rings. The van der Waals surface area contributed by atoms with Crippen molar-refractivity contribution in [3.63, 3.8) is 0 Å². The average molecular weight is 342 g/mol. The van der Waals surface area contributed by atoms with Gasteiger partial charge in [-0.05, 0) is 28.1 Å². The minimum Gasteiger partial charge on any atom is -0.425 e. The molecule has 3 rings (SSSR count). The largest absolute Gasteiger partial charge is 0.425 e. The number of hydrogen-bond donors (Lipinski definition) is 0. The highest BCUT2D eigenvalue weighted by atomic mass is 79.9. The van der Waals surface area contributed by atoms with E-state index in [-0.39, 0.29) is 0 Å². The predicted octanol–water partition coefficient (Wildman–Crippen LogP) is 4.04. The van der Waals surface area contributed by atoms with Crippen molar-refractivity contribution in [1.82, 2.24) is 15.2 Å². The zero-order valence-corrected chi connectivity index (χ0v) is 12.6. The first-order valence-corrected chi connectivity index (χ1v) is 7.79. The first-order valence-electron chi connectivity index (χ1n) is 5.19. The standard InChI is InChI=1S/C11H8BrN3OS2/c1-6-14-15-9(16-6)5-17-11-13-10-7(12)3-2-4-8(10)18-11/h2-4H,5H2,1H3. The number of aromatic nitrogens is 3. The molecule has 0 bridgehead atoms. The van der Waals surface area contributed by atoms with E-state index in [1.807, 2.05) is 12.1 Å². The number of thioether (sulfide) groups is 1. The molecule has 0 aliphatic heterocycles. The van der Waals surface area contributed by atoms with E-state index < -0.39 is 0 Å². The summed E-state index contributed by atoms with van der Waals surface area (Å²) in [4.78, 5) is 4.58. The van der Waals surface area contributed by atoms with Crippen LogP contribution in [-0.4, -0.2) is 15.2 Å². The van der Waals surface area contributed by atoms with E-state index in [2.05, 4.69) is 37.2 Å². The Hall–Kier alpha value is -0.920. The lowest BCUT2D eigenvalue weighted by atomic mass is 10.3. The van der Waals surface area contributed by atoms with Crippen LogP contribution in [-0.2, 0) is 5.75 Å². The van der Waals surface area contributed by atoms with Crippen molar-refractivity contribution in [2.75, 3.05) is 0 Å². The number of nitrogens with zero attached hydrogens (tertiary/aromatic N) is 3. The monoisotopic (exact) mass is 341 g/mol. The maximum atomic E-state index is 5.33. The molecular weight excluding hydrogens is 334 g/mol. The number of halogens is 1. The zero-order chi connectivity index (χ0) is 12.5. The van der Waals surface area contributed by atoms with Gasteiger partial charge in [0, 0.05) is 11.4 Å². The molecule has 0 spiro atoms. The van der Waals surface area contributed by atoms with Gasteiger partial charge in [-0.3, -0.25) is 0 Å². The van der Waals surface area contributed by atoms with Gasteiger partial charge in [-0.1, -0.05) is 17.8 Å². The van der Waals surface area contributed by atoms with E-state index >= 15 is 0 Å². The lowest BCUT2D eigenvalue weighted by Gasteiger charge is -1.90. The van der Waals surface area contributed by atoms with Gasteiger partial charge in [0.1, 0.15) is 0 Å². The fourth-order valence-corrected chi connectivity index (χ4v) is 3.99. The number of hydrogen-bond acceptors (Lipinski definition) is 6. The van der Waals surface area contributed by atoms with Crippen molar-refractivity contribution in [2.24, 2.45) is 0 Å². The number of thiazole rings is 1. The van der Waals surface area contributed by atoms with Gasteiger partial charge in [0.25, 0.3) is 0 Å². The van der Waals surface area contributed by atoms with Crippen molar-refractivity contribution < 1.29 is 4.42 Å². The van der Waals surface area contributed by atoms with E-state index in [0.29, 0.717) is 17.5 Å². The molecule has 0 saturated carbocycles. The molecule has 0 saturated heterocycles. The Balaban J connectivity index is 1.81. The van der Waals surface area contributed by atoms with Crippen molar-refractivity contribution in [1.29, 1.82) is 0 Å². The van der Waals surface area contributed by atoms with Crippen LogP contribution in [0.4, 0.5) is 0 Å². The van der Waals surface area contributed by atoms with Crippen LogP contribution < -0.4 is 0 Å². The summed E-state index contributed by atoms with van der Waals surface area (Å²) in [6, 6.07) is 6.08. The van der Waals surface area contributed by atoms with Crippen LogP contribution in [0.5, 0.6) is 0 Å². The first kappa shape index (κ1) is 12.1. The van der Waals surface area contributed by atoms with E-state index in [1.54, 1.807) is 30.0 Å². The molecule has 2 aromatic heterocycles. The lowest BCUT2D eigenvalue weighted by Crippen LogP contribution is -1.79. The molecule has 1 aromatic carbocycles. The van der Waals surface area contributed by atoms with Gasteiger partial charge >= 0.3 is 0 Å². The third-order valence-corrected chi connectivity index (χ3v) is 5.03. The van der Waals surface area contributed by atoms with E-state index in [4.69, 9.17) is 4.42 Å². The summed E-state index contributed by atoms with van der Waals surface area (Å²) in [5.41, 5.74) is 1.01. The second-order valence-electron chi connectivity index (χ2n) is 3.57. The van der Waals surface area contributed by atoms with Crippen molar-refractivity contribution in [2.45, 2.75) is 17.0 Å². The zero-order valence-electron chi connectivity index (χ0n) is 9.38. The van der Waals surface area contributed by atoms with Gasteiger partial charge in [0.2, 0.25) is 11.8 Å². The molecule has 0 aliphatic rings. The van der Waals surface area contributed by atoms with E-state index in [0.717, 1.165) is 14.3 Å². The second-order valence-corrected chi connectivity index (χ2v) is 6.68. The summed E-state index contributed by atoms with van der Waals surface area (Å²) < 4.78 is 8.53. The first-order chi connectivity index (χ1) is 8.72. The number of benzene rings is 1. The minimum atomic E-state index is 0.595. The molecule has 0 unspecified atom stereocenters. The van der Waals surface area contributed by atoms with Gasteiger partial charge in [0.15, 0.2) is 4.34 Å². The van der Waals surface area contributed by atoms with Crippen LogP contribution in [0.25, 0.3) is 10.2 Å². The number of rotatable bonds is 3. The summed E-state index contributed by atoms with van der Waals surface area (Å²) in [6.45, 7) is 1.79. The molecule has 4 nitrogen and oxygen atoms in total. The quantitative estimate of drug-likeness (QED) is 0.673. The van der Waals surface area contributed by atoms with Crippen LogP contribution >= 0.6 is 39.0 Å². The predicted molar refractivity (Wildman–Crippen MR) is 75.9 cm³/mol. The van der Waals surface area contributed by atoms with Gasteiger partial charge in [-0.15, -0.1) is 21.5 Å². The van der Waals surface area contributed by atoms with Crippen LogP contribution in [0, 0.1) is 6.92 Å². The third kappa shape index (κ3) is 2.43. The molecule has 0 amide bonds. The Labute approximate surface area is 120 Å². The fourth-order valence-electron chi connectivity index (χ4n) is 1.48. The van der Waals surface area contributed by atoms with Gasteiger partial charge in [-0.25, -0.2) is 4.98 Å². The molecule has 92 valence electrons. The Morgan fingerprint density at radius 1 is 1.39 bits per heavy atom. The molecule has 0 aliphatic carbocycles. The molecule has 0 radical (unpaired) electrons. The number of fused-ring (bicyclic) bond motifs is 1. The molecule has 0 N–H and O–H groups in total.